The minimum atomic E-state index is -2.01. The summed E-state index contributed by atoms with van der Waals surface area (Å²) in [7, 11) is 0. The number of rotatable bonds is 2. The van der Waals surface area contributed by atoms with Crippen molar-refractivity contribution in [2.45, 2.75) is 9.87 Å². The van der Waals surface area contributed by atoms with Crippen molar-refractivity contribution in [3.63, 3.8) is 0 Å². The third-order valence-electron chi connectivity index (χ3n) is 1.68. The SMILES string of the molecule is O=C(O)C1(O)CSC(O)(C(=O)O)CS1.[NaH].[NaH]. The second-order valence-electron chi connectivity index (χ2n) is 2.76. The van der Waals surface area contributed by atoms with Crippen molar-refractivity contribution >= 4 is 94.6 Å². The molecule has 4 N–H and O–H groups in total. The van der Waals surface area contributed by atoms with Crippen LogP contribution in [0.25, 0.3) is 0 Å². The van der Waals surface area contributed by atoms with Gasteiger partial charge in [0.2, 0.25) is 9.87 Å². The molecule has 2 unspecified atom stereocenters. The van der Waals surface area contributed by atoms with E-state index in [1.54, 1.807) is 0 Å². The monoisotopic (exact) mass is 288 g/mol. The van der Waals surface area contributed by atoms with Crippen LogP contribution in [0.15, 0.2) is 0 Å². The van der Waals surface area contributed by atoms with Crippen molar-refractivity contribution in [1.82, 2.24) is 0 Å². The van der Waals surface area contributed by atoms with Crippen LogP contribution >= 0.6 is 23.5 Å². The van der Waals surface area contributed by atoms with Crippen LogP contribution in [0, 0.1) is 0 Å². The molecule has 6 nitrogen and oxygen atoms in total. The summed E-state index contributed by atoms with van der Waals surface area (Å²) in [5, 5.41) is 36.0. The number of carboxylic acid groups (broad SMARTS) is 2. The Kier molecular flexibility index (Phi) is 8.98. The van der Waals surface area contributed by atoms with Crippen molar-refractivity contribution in [3.8, 4) is 0 Å². The molecule has 0 aromatic rings. The predicted molar refractivity (Wildman–Crippen MR) is 64.4 cm³/mol. The first-order valence-electron chi connectivity index (χ1n) is 3.50. The van der Waals surface area contributed by atoms with E-state index in [-0.39, 0.29) is 70.6 Å². The van der Waals surface area contributed by atoms with Gasteiger partial charge in [0.1, 0.15) is 0 Å². The van der Waals surface area contributed by atoms with E-state index in [9.17, 15) is 19.8 Å². The van der Waals surface area contributed by atoms with Gasteiger partial charge in [-0.3, -0.25) is 0 Å². The van der Waals surface area contributed by atoms with E-state index >= 15 is 0 Å². The van der Waals surface area contributed by atoms with Gasteiger partial charge >= 0.3 is 71.1 Å². The van der Waals surface area contributed by atoms with Gasteiger partial charge in [0, 0.05) is 11.5 Å². The topological polar surface area (TPSA) is 115 Å². The van der Waals surface area contributed by atoms with Crippen LogP contribution in [0.4, 0.5) is 0 Å². The molecule has 2 atom stereocenters. The molecule has 0 amide bonds. The average Bonchev–Trinajstić information content (AvgIpc) is 2.10. The van der Waals surface area contributed by atoms with Crippen molar-refractivity contribution in [1.29, 1.82) is 0 Å². The Morgan fingerprint density at radius 2 is 1.12 bits per heavy atom. The van der Waals surface area contributed by atoms with Gasteiger partial charge in [-0.2, -0.15) is 0 Å². The zero-order valence-corrected chi connectivity index (χ0v) is 8.47. The quantitative estimate of drug-likeness (QED) is 0.420. The predicted octanol–water partition coefficient (Wildman–Crippen LogP) is -2.28. The summed E-state index contributed by atoms with van der Waals surface area (Å²) in [6.07, 6.45) is 0. The minimum absolute atomic E-state index is 0. The van der Waals surface area contributed by atoms with Crippen LogP contribution in [0.3, 0.4) is 0 Å². The van der Waals surface area contributed by atoms with Gasteiger partial charge in [0.05, 0.1) is 0 Å². The van der Waals surface area contributed by atoms with Crippen molar-refractivity contribution in [2.75, 3.05) is 11.5 Å². The Labute approximate surface area is 144 Å². The summed E-state index contributed by atoms with van der Waals surface area (Å²) in [6.45, 7) is 0. The summed E-state index contributed by atoms with van der Waals surface area (Å²) >= 11 is 1.03. The molecule has 1 aliphatic rings. The normalized spacial score (nSPS) is 33.1. The summed E-state index contributed by atoms with van der Waals surface area (Å²) in [5.41, 5.74) is 0. The first-order valence-corrected chi connectivity index (χ1v) is 5.47. The number of hydrogen-bond acceptors (Lipinski definition) is 6. The van der Waals surface area contributed by atoms with E-state index in [1.165, 1.54) is 0 Å². The number of hydrogen-bond donors (Lipinski definition) is 4. The zero-order chi connectivity index (χ0) is 11.0. The summed E-state index contributed by atoms with van der Waals surface area (Å²) in [6, 6.07) is 0. The van der Waals surface area contributed by atoms with Gasteiger partial charge in [-0.05, 0) is 0 Å². The standard InChI is InChI=1S/C6H8O6S2.2Na.2H/c7-3(8)5(11)1-13-6(12,2-14-5)4(9)10;;;;/h11-12H,1-2H2,(H,7,8)(H,9,10);;;;. The Morgan fingerprint density at radius 3 is 1.25 bits per heavy atom. The molecule has 10 heteroatoms. The van der Waals surface area contributed by atoms with E-state index in [4.69, 9.17) is 10.2 Å². The van der Waals surface area contributed by atoms with E-state index in [0.29, 0.717) is 23.5 Å². The second-order valence-corrected chi connectivity index (χ2v) is 5.26. The number of aliphatic carboxylic acids is 2. The van der Waals surface area contributed by atoms with Crippen LogP contribution in [-0.4, -0.2) is 113 Å². The van der Waals surface area contributed by atoms with Gasteiger partial charge in [0.25, 0.3) is 0 Å². The molecule has 1 fully saturated rings. The molecule has 0 aromatic heterocycles. The fraction of sp³-hybridized carbons (Fsp3) is 0.667. The molecule has 0 bridgehead atoms. The average molecular weight is 288 g/mol. The van der Waals surface area contributed by atoms with Gasteiger partial charge in [-0.1, -0.05) is 0 Å². The number of thioether (sulfide) groups is 2. The molecule has 1 heterocycles. The van der Waals surface area contributed by atoms with E-state index in [0.717, 1.165) is 0 Å². The zero-order valence-electron chi connectivity index (χ0n) is 6.84. The Balaban J connectivity index is 0. The third kappa shape index (κ3) is 4.34. The van der Waals surface area contributed by atoms with Crippen LogP contribution in [0.5, 0.6) is 0 Å². The molecule has 0 aromatic carbocycles. The molecular weight excluding hydrogens is 278 g/mol. The Hall–Kier alpha value is 1.56. The number of aliphatic hydroxyl groups is 2. The maximum absolute atomic E-state index is 10.5. The molecule has 0 radical (unpaired) electrons. The van der Waals surface area contributed by atoms with E-state index in [1.807, 2.05) is 0 Å². The van der Waals surface area contributed by atoms with E-state index in [2.05, 4.69) is 0 Å². The Morgan fingerprint density at radius 1 is 0.875 bits per heavy atom. The molecule has 1 aliphatic heterocycles. The van der Waals surface area contributed by atoms with Gasteiger partial charge in [-0.25, -0.2) is 9.59 Å². The molecular formula is C6H10Na2O6S2. The summed E-state index contributed by atoms with van der Waals surface area (Å²) in [5.74, 6) is -3.59. The first kappa shape index (κ1) is 19.9. The fourth-order valence-electron chi connectivity index (χ4n) is 0.765. The van der Waals surface area contributed by atoms with Gasteiger partial charge < -0.3 is 20.4 Å². The summed E-state index contributed by atoms with van der Waals surface area (Å²) < 4.78 is 0. The van der Waals surface area contributed by atoms with Gasteiger partial charge in [-0.15, -0.1) is 23.5 Å². The molecule has 1 saturated heterocycles. The number of carbonyl (C=O) groups is 2. The second kappa shape index (κ2) is 7.22. The Bertz CT molecular complexity index is 250. The molecule has 84 valence electrons. The third-order valence-corrected chi connectivity index (χ3v) is 4.76. The molecule has 0 aliphatic carbocycles. The van der Waals surface area contributed by atoms with Crippen molar-refractivity contribution < 1.29 is 30.0 Å². The van der Waals surface area contributed by atoms with Crippen LogP contribution < -0.4 is 0 Å². The van der Waals surface area contributed by atoms with E-state index < -0.39 is 21.8 Å². The van der Waals surface area contributed by atoms with Crippen LogP contribution in [0.1, 0.15) is 0 Å². The summed E-state index contributed by atoms with van der Waals surface area (Å²) in [4.78, 5) is 17.1. The molecule has 0 spiro atoms. The molecule has 1 rings (SSSR count). The maximum atomic E-state index is 10.5. The molecule has 16 heavy (non-hydrogen) atoms. The van der Waals surface area contributed by atoms with Crippen LogP contribution in [0.2, 0.25) is 0 Å². The van der Waals surface area contributed by atoms with Crippen LogP contribution in [-0.2, 0) is 9.59 Å². The first-order chi connectivity index (χ1) is 6.30. The fourth-order valence-corrected chi connectivity index (χ4v) is 3.15. The van der Waals surface area contributed by atoms with Gasteiger partial charge in [0.15, 0.2) is 0 Å². The van der Waals surface area contributed by atoms with Crippen molar-refractivity contribution in [2.24, 2.45) is 0 Å². The number of carboxylic acids is 2. The molecule has 0 saturated carbocycles. The van der Waals surface area contributed by atoms with Crippen molar-refractivity contribution in [3.05, 3.63) is 0 Å².